The topological polar surface area (TPSA) is 82.5 Å². The number of rotatable bonds is 3. The van der Waals surface area contributed by atoms with E-state index in [2.05, 4.69) is 9.72 Å². The fourth-order valence-electron chi connectivity index (χ4n) is 3.38. The Bertz CT molecular complexity index is 1010. The van der Waals surface area contributed by atoms with Crippen LogP contribution < -0.4 is 4.74 Å². The van der Waals surface area contributed by atoms with Crippen LogP contribution in [-0.4, -0.2) is 21.4 Å². The van der Waals surface area contributed by atoms with E-state index in [0.717, 1.165) is 12.5 Å². The molecule has 3 aromatic rings. The lowest BCUT2D eigenvalue weighted by Gasteiger charge is -2.37. The normalized spacial score (nSPS) is 15.7. The van der Waals surface area contributed by atoms with Crippen molar-refractivity contribution in [2.75, 3.05) is 0 Å². The van der Waals surface area contributed by atoms with Gasteiger partial charge >= 0.3 is 6.16 Å². The molecule has 5 nitrogen and oxygen atoms in total. The van der Waals surface area contributed by atoms with E-state index in [1.165, 1.54) is 6.20 Å². The lowest BCUT2D eigenvalue weighted by Crippen LogP contribution is -2.33. The average Bonchev–Trinajstić information content (AvgIpc) is 2.95. The molecular formula is C19H15F2NO4. The maximum absolute atomic E-state index is 15.0. The largest absolute Gasteiger partial charge is 0.511 e. The maximum Gasteiger partial charge on any atom is 0.511 e. The third kappa shape index (κ3) is 2.52. The number of carbonyl (C=O) groups is 1. The molecule has 0 amide bonds. The summed E-state index contributed by atoms with van der Waals surface area (Å²) in [6.07, 6.45) is 1.85. The van der Waals surface area contributed by atoms with E-state index in [-0.39, 0.29) is 27.8 Å². The lowest BCUT2D eigenvalue weighted by atomic mass is 9.75. The number of H-pyrrole nitrogens is 1. The smallest absolute Gasteiger partial charge is 0.449 e. The van der Waals surface area contributed by atoms with E-state index in [0.29, 0.717) is 18.4 Å². The summed E-state index contributed by atoms with van der Waals surface area (Å²) in [5.41, 5.74) is -0.0372. The Morgan fingerprint density at radius 3 is 2.46 bits per heavy atom. The molecule has 0 aliphatic heterocycles. The van der Waals surface area contributed by atoms with Crippen molar-refractivity contribution in [2.45, 2.75) is 24.9 Å². The van der Waals surface area contributed by atoms with Gasteiger partial charge in [-0.2, -0.15) is 0 Å². The van der Waals surface area contributed by atoms with Gasteiger partial charge in [-0.05, 0) is 36.5 Å². The molecule has 0 spiro atoms. The molecule has 7 heteroatoms. The van der Waals surface area contributed by atoms with Crippen LogP contribution in [0.2, 0.25) is 0 Å². The molecule has 1 aromatic heterocycles. The van der Waals surface area contributed by atoms with Crippen molar-refractivity contribution in [3.05, 3.63) is 53.7 Å². The zero-order chi connectivity index (χ0) is 18.5. The molecule has 0 bridgehead atoms. The molecule has 134 valence electrons. The Morgan fingerprint density at radius 2 is 1.88 bits per heavy atom. The van der Waals surface area contributed by atoms with E-state index >= 15 is 0 Å². The van der Waals surface area contributed by atoms with Crippen molar-refractivity contribution >= 4 is 17.1 Å². The average molecular weight is 359 g/mol. The molecule has 1 aliphatic carbocycles. The highest BCUT2D eigenvalue weighted by Gasteiger charge is 2.36. The summed E-state index contributed by atoms with van der Waals surface area (Å²) in [7, 11) is 0. The van der Waals surface area contributed by atoms with E-state index < -0.39 is 23.4 Å². The predicted octanol–water partition coefficient (Wildman–Crippen LogP) is 4.54. The summed E-state index contributed by atoms with van der Waals surface area (Å²) < 4.78 is 34.0. The molecule has 0 atom stereocenters. The molecule has 1 fully saturated rings. The molecule has 0 radical (unpaired) electrons. The number of nitrogens with one attached hydrogen (secondary N) is 1. The fourth-order valence-corrected chi connectivity index (χ4v) is 3.38. The zero-order valence-corrected chi connectivity index (χ0v) is 13.6. The first kappa shape index (κ1) is 16.5. The number of aromatic nitrogens is 1. The van der Waals surface area contributed by atoms with Crippen LogP contribution in [0.15, 0.2) is 36.5 Å². The maximum atomic E-state index is 15.0. The van der Waals surface area contributed by atoms with E-state index in [9.17, 15) is 18.7 Å². The van der Waals surface area contributed by atoms with E-state index in [1.807, 2.05) is 0 Å². The number of aromatic amines is 1. The van der Waals surface area contributed by atoms with Gasteiger partial charge in [-0.15, -0.1) is 0 Å². The standard InChI is InChI=1S/C19H15F2NO4/c20-12-8-13-16(14(9-22-13)26-18(23)24)17(21)15(12)10-2-4-11(5-3-10)19(25)6-1-7-19/h2-5,8-9,22,25H,1,6-7H2,(H,23,24). The van der Waals surface area contributed by atoms with Gasteiger partial charge in [0.2, 0.25) is 0 Å². The zero-order valence-electron chi connectivity index (χ0n) is 13.6. The van der Waals surface area contributed by atoms with Crippen LogP contribution in [0.5, 0.6) is 5.75 Å². The molecule has 0 unspecified atom stereocenters. The second-order valence-electron chi connectivity index (χ2n) is 6.45. The number of ether oxygens (including phenoxy) is 1. The third-order valence-corrected chi connectivity index (χ3v) is 4.91. The Balaban J connectivity index is 1.81. The molecule has 1 heterocycles. The SMILES string of the molecule is O=C(O)Oc1c[nH]c2cc(F)c(-c3ccc(C4(O)CCC4)cc3)c(F)c12. The minimum Gasteiger partial charge on any atom is -0.449 e. The highest BCUT2D eigenvalue weighted by atomic mass is 19.1. The van der Waals surface area contributed by atoms with Crippen molar-refractivity contribution in [3.8, 4) is 16.9 Å². The summed E-state index contributed by atoms with van der Waals surface area (Å²) in [6.45, 7) is 0. The minimum absolute atomic E-state index is 0.0976. The number of halogens is 2. The molecule has 0 saturated heterocycles. The first-order valence-electron chi connectivity index (χ1n) is 8.12. The lowest BCUT2D eigenvalue weighted by molar-refractivity contribution is -0.0387. The van der Waals surface area contributed by atoms with Crippen molar-refractivity contribution in [1.82, 2.24) is 4.98 Å². The van der Waals surface area contributed by atoms with Crippen LogP contribution in [-0.2, 0) is 5.60 Å². The highest BCUT2D eigenvalue weighted by Crippen LogP contribution is 2.42. The fraction of sp³-hybridized carbons (Fsp3) is 0.211. The second-order valence-corrected chi connectivity index (χ2v) is 6.45. The van der Waals surface area contributed by atoms with Crippen LogP contribution in [0.3, 0.4) is 0 Å². The van der Waals surface area contributed by atoms with Gasteiger partial charge in [0.15, 0.2) is 5.75 Å². The molecule has 1 saturated carbocycles. The van der Waals surface area contributed by atoms with E-state index in [1.54, 1.807) is 24.3 Å². The molecule has 2 aromatic carbocycles. The van der Waals surface area contributed by atoms with Gasteiger partial charge in [0.25, 0.3) is 0 Å². The van der Waals surface area contributed by atoms with Gasteiger partial charge in [-0.25, -0.2) is 13.6 Å². The van der Waals surface area contributed by atoms with Gasteiger partial charge in [-0.3, -0.25) is 0 Å². The number of fused-ring (bicyclic) bond motifs is 1. The Hall–Kier alpha value is -2.93. The van der Waals surface area contributed by atoms with Crippen molar-refractivity contribution < 1.29 is 28.5 Å². The summed E-state index contributed by atoms with van der Waals surface area (Å²) >= 11 is 0. The molecule has 4 rings (SSSR count). The summed E-state index contributed by atoms with van der Waals surface area (Å²) in [4.78, 5) is 13.3. The highest BCUT2D eigenvalue weighted by molar-refractivity contribution is 5.92. The van der Waals surface area contributed by atoms with Crippen molar-refractivity contribution in [1.29, 1.82) is 0 Å². The number of hydrogen-bond acceptors (Lipinski definition) is 3. The monoisotopic (exact) mass is 359 g/mol. The Morgan fingerprint density at radius 1 is 1.19 bits per heavy atom. The van der Waals surface area contributed by atoms with Gasteiger partial charge in [0, 0.05) is 6.20 Å². The Labute approximate surface area is 146 Å². The number of aliphatic hydroxyl groups is 1. The van der Waals surface area contributed by atoms with Crippen LogP contribution >= 0.6 is 0 Å². The summed E-state index contributed by atoms with van der Waals surface area (Å²) in [6, 6.07) is 7.50. The molecule has 26 heavy (non-hydrogen) atoms. The summed E-state index contributed by atoms with van der Waals surface area (Å²) in [5, 5.41) is 19.0. The third-order valence-electron chi connectivity index (χ3n) is 4.91. The van der Waals surface area contributed by atoms with Gasteiger partial charge in [0.1, 0.15) is 11.6 Å². The van der Waals surface area contributed by atoms with Crippen LogP contribution in [0.4, 0.5) is 13.6 Å². The summed E-state index contributed by atoms with van der Waals surface area (Å²) in [5.74, 6) is -1.92. The van der Waals surface area contributed by atoms with Gasteiger partial charge in [0.05, 0.1) is 22.1 Å². The molecular weight excluding hydrogens is 344 g/mol. The van der Waals surface area contributed by atoms with Crippen LogP contribution in [0.25, 0.3) is 22.0 Å². The van der Waals surface area contributed by atoms with Crippen molar-refractivity contribution in [3.63, 3.8) is 0 Å². The quantitative estimate of drug-likeness (QED) is 0.600. The van der Waals surface area contributed by atoms with Crippen molar-refractivity contribution in [2.24, 2.45) is 0 Å². The first-order valence-corrected chi connectivity index (χ1v) is 8.12. The van der Waals surface area contributed by atoms with Crippen LogP contribution in [0.1, 0.15) is 24.8 Å². The number of carboxylic acid groups (broad SMARTS) is 1. The van der Waals surface area contributed by atoms with Gasteiger partial charge in [-0.1, -0.05) is 24.3 Å². The van der Waals surface area contributed by atoms with Gasteiger partial charge < -0.3 is 19.9 Å². The number of hydrogen-bond donors (Lipinski definition) is 3. The minimum atomic E-state index is -1.59. The Kier molecular flexibility index (Phi) is 3.69. The number of benzene rings is 2. The molecule has 1 aliphatic rings. The van der Waals surface area contributed by atoms with E-state index in [4.69, 9.17) is 5.11 Å². The second kappa shape index (κ2) is 5.81. The predicted molar refractivity (Wildman–Crippen MR) is 90.1 cm³/mol. The van der Waals surface area contributed by atoms with Crippen LogP contribution in [0, 0.1) is 11.6 Å². The molecule has 3 N–H and O–H groups in total. The first-order chi connectivity index (χ1) is 12.4.